The molecule has 0 saturated heterocycles. The fourth-order valence-corrected chi connectivity index (χ4v) is 1.71. The van der Waals surface area contributed by atoms with Crippen molar-refractivity contribution in [3.63, 3.8) is 0 Å². The van der Waals surface area contributed by atoms with Crippen LogP contribution in [-0.2, 0) is 6.18 Å². The number of alkyl halides is 3. The van der Waals surface area contributed by atoms with Gasteiger partial charge in [-0.15, -0.1) is 0 Å². The molecule has 1 aromatic rings. The lowest BCUT2D eigenvalue weighted by atomic mass is 10.1. The van der Waals surface area contributed by atoms with E-state index >= 15 is 0 Å². The number of nitrogens with zero attached hydrogens (tertiary/aromatic N) is 1. The predicted molar refractivity (Wildman–Crippen MR) is 66.4 cm³/mol. The third-order valence-corrected chi connectivity index (χ3v) is 3.31. The van der Waals surface area contributed by atoms with Gasteiger partial charge in [0.15, 0.2) is 0 Å². The number of benzene rings is 1. The molecule has 0 spiro atoms. The number of carbonyl (C=O) groups excluding carboxylic acids is 1. The van der Waals surface area contributed by atoms with Crippen LogP contribution in [0.25, 0.3) is 0 Å². The van der Waals surface area contributed by atoms with E-state index in [0.29, 0.717) is 4.47 Å². The predicted octanol–water partition coefficient (Wildman–Crippen LogP) is 3.95. The molecule has 0 bridgehead atoms. The molecule has 2 nitrogen and oxygen atoms in total. The number of carbonyl (C=O) groups is 1. The van der Waals surface area contributed by atoms with Crippen LogP contribution in [0.3, 0.4) is 0 Å². The molecule has 0 aliphatic rings. The Bertz CT molecular complexity index is 457. The van der Waals surface area contributed by atoms with Crippen LogP contribution in [0.4, 0.5) is 13.2 Å². The lowest BCUT2D eigenvalue weighted by molar-refractivity contribution is -0.137. The van der Waals surface area contributed by atoms with Gasteiger partial charge in [-0.25, -0.2) is 0 Å². The van der Waals surface area contributed by atoms with Gasteiger partial charge >= 0.3 is 6.18 Å². The molecule has 0 fully saturated rings. The molecule has 0 heterocycles. The van der Waals surface area contributed by atoms with Crippen molar-refractivity contribution in [1.29, 1.82) is 0 Å². The average Bonchev–Trinajstić information content (AvgIpc) is 2.26. The molecule has 1 rings (SSSR count). The van der Waals surface area contributed by atoms with Crippen molar-refractivity contribution >= 4 is 21.8 Å². The lowest BCUT2D eigenvalue weighted by Gasteiger charge is -2.22. The fourth-order valence-electron chi connectivity index (χ4n) is 1.29. The Kier molecular flexibility index (Phi) is 4.42. The largest absolute Gasteiger partial charge is 0.416 e. The summed E-state index contributed by atoms with van der Waals surface area (Å²) < 4.78 is 38.1. The maximum atomic E-state index is 12.6. The van der Waals surface area contributed by atoms with Crippen LogP contribution in [0.5, 0.6) is 0 Å². The molecule has 0 atom stereocenters. The molecule has 0 N–H and O–H groups in total. The van der Waals surface area contributed by atoms with Gasteiger partial charge in [-0.1, -0.05) is 0 Å². The Morgan fingerprint density at radius 1 is 1.33 bits per heavy atom. The zero-order valence-corrected chi connectivity index (χ0v) is 11.8. The van der Waals surface area contributed by atoms with Crippen molar-refractivity contribution in [1.82, 2.24) is 4.90 Å². The molecule has 0 aliphatic heterocycles. The number of rotatable bonds is 2. The van der Waals surface area contributed by atoms with E-state index in [9.17, 15) is 18.0 Å². The molecule has 1 amide bonds. The second kappa shape index (κ2) is 5.30. The normalized spacial score (nSPS) is 11.8. The summed E-state index contributed by atoms with van der Waals surface area (Å²) in [6.45, 7) is 3.58. The van der Waals surface area contributed by atoms with E-state index in [1.165, 1.54) is 11.0 Å². The first kappa shape index (κ1) is 15.0. The van der Waals surface area contributed by atoms with Gasteiger partial charge in [0.05, 0.1) is 11.1 Å². The zero-order valence-electron chi connectivity index (χ0n) is 10.2. The highest BCUT2D eigenvalue weighted by Gasteiger charge is 2.32. The number of amides is 1. The van der Waals surface area contributed by atoms with Crippen LogP contribution in [-0.4, -0.2) is 23.9 Å². The Morgan fingerprint density at radius 2 is 1.89 bits per heavy atom. The Hall–Kier alpha value is -1.04. The first-order valence-electron chi connectivity index (χ1n) is 5.28. The minimum Gasteiger partial charge on any atom is -0.339 e. The minimum absolute atomic E-state index is 0.0148. The fraction of sp³-hybridized carbons (Fsp3) is 0.417. The molecule has 1 aromatic carbocycles. The molecule has 0 unspecified atom stereocenters. The third-order valence-electron chi connectivity index (χ3n) is 2.62. The maximum absolute atomic E-state index is 12.6. The van der Waals surface area contributed by atoms with Crippen LogP contribution in [0.1, 0.15) is 29.8 Å². The van der Waals surface area contributed by atoms with Gasteiger partial charge in [0.25, 0.3) is 5.91 Å². The highest BCUT2D eigenvalue weighted by atomic mass is 79.9. The molecule has 6 heteroatoms. The van der Waals surface area contributed by atoms with Gasteiger partial charge < -0.3 is 4.90 Å². The molecule has 0 aliphatic carbocycles. The topological polar surface area (TPSA) is 20.3 Å². The van der Waals surface area contributed by atoms with E-state index in [1.807, 2.05) is 0 Å². The highest BCUT2D eigenvalue weighted by Crippen LogP contribution is 2.32. The van der Waals surface area contributed by atoms with Gasteiger partial charge in [-0.2, -0.15) is 13.2 Å². The first-order chi connectivity index (χ1) is 8.14. The summed E-state index contributed by atoms with van der Waals surface area (Å²) in [6, 6.07) is 2.96. The Labute approximate surface area is 112 Å². The summed E-state index contributed by atoms with van der Waals surface area (Å²) >= 11 is 3.10. The molecular formula is C12H13BrF3NO. The van der Waals surface area contributed by atoms with E-state index in [1.54, 1.807) is 20.9 Å². The van der Waals surface area contributed by atoms with Gasteiger partial charge in [-0.3, -0.25) is 4.79 Å². The second-order valence-corrected chi connectivity index (χ2v) is 5.06. The van der Waals surface area contributed by atoms with Crippen LogP contribution in [0, 0.1) is 0 Å². The Morgan fingerprint density at radius 3 is 2.33 bits per heavy atom. The van der Waals surface area contributed by atoms with Crippen LogP contribution in [0.2, 0.25) is 0 Å². The van der Waals surface area contributed by atoms with E-state index in [4.69, 9.17) is 0 Å². The summed E-state index contributed by atoms with van der Waals surface area (Å²) in [5.41, 5.74) is -0.813. The average molecular weight is 324 g/mol. The monoisotopic (exact) mass is 323 g/mol. The van der Waals surface area contributed by atoms with Crippen molar-refractivity contribution < 1.29 is 18.0 Å². The minimum atomic E-state index is -4.45. The number of halogens is 4. The first-order valence-corrected chi connectivity index (χ1v) is 6.07. The summed E-state index contributed by atoms with van der Waals surface area (Å²) in [5, 5.41) is 0. The van der Waals surface area contributed by atoms with Gasteiger partial charge in [0, 0.05) is 17.6 Å². The molecule has 18 heavy (non-hydrogen) atoms. The lowest BCUT2D eigenvalue weighted by Crippen LogP contribution is -2.33. The van der Waals surface area contributed by atoms with E-state index in [0.717, 1.165) is 12.1 Å². The summed E-state index contributed by atoms with van der Waals surface area (Å²) in [5.74, 6) is -0.442. The standard InChI is InChI=1S/C12H13BrF3NO/c1-7(2)17(3)11(18)9-6-8(12(14,15)16)4-5-10(9)13/h4-7H,1-3H3. The Balaban J connectivity index is 3.20. The summed E-state index contributed by atoms with van der Waals surface area (Å²) in [6.07, 6.45) is -4.45. The maximum Gasteiger partial charge on any atom is 0.416 e. The highest BCUT2D eigenvalue weighted by molar-refractivity contribution is 9.10. The van der Waals surface area contributed by atoms with Crippen LogP contribution >= 0.6 is 15.9 Å². The van der Waals surface area contributed by atoms with Crippen LogP contribution in [0.15, 0.2) is 22.7 Å². The molecule has 0 aromatic heterocycles. The van der Waals surface area contributed by atoms with E-state index < -0.39 is 17.6 Å². The summed E-state index contributed by atoms with van der Waals surface area (Å²) in [4.78, 5) is 13.4. The van der Waals surface area contributed by atoms with Crippen LogP contribution < -0.4 is 0 Å². The number of hydrogen-bond acceptors (Lipinski definition) is 1. The second-order valence-electron chi connectivity index (χ2n) is 4.20. The summed E-state index contributed by atoms with van der Waals surface area (Å²) in [7, 11) is 1.56. The SMILES string of the molecule is CC(C)N(C)C(=O)c1cc(C(F)(F)F)ccc1Br. The van der Waals surface area contributed by atoms with Crippen molar-refractivity contribution in [3.8, 4) is 0 Å². The van der Waals surface area contributed by atoms with Gasteiger partial charge in [-0.05, 0) is 48.0 Å². The van der Waals surface area contributed by atoms with Gasteiger partial charge in [0.1, 0.15) is 0 Å². The van der Waals surface area contributed by atoms with Crippen molar-refractivity contribution in [2.45, 2.75) is 26.1 Å². The number of hydrogen-bond donors (Lipinski definition) is 0. The van der Waals surface area contributed by atoms with Crippen molar-refractivity contribution in [2.75, 3.05) is 7.05 Å². The van der Waals surface area contributed by atoms with Crippen molar-refractivity contribution in [3.05, 3.63) is 33.8 Å². The van der Waals surface area contributed by atoms with E-state index in [-0.39, 0.29) is 11.6 Å². The molecule has 100 valence electrons. The van der Waals surface area contributed by atoms with Crippen molar-refractivity contribution in [2.24, 2.45) is 0 Å². The van der Waals surface area contributed by atoms with E-state index in [2.05, 4.69) is 15.9 Å². The third kappa shape index (κ3) is 3.25. The zero-order chi connectivity index (χ0) is 14.1. The van der Waals surface area contributed by atoms with Gasteiger partial charge in [0.2, 0.25) is 0 Å². The molecular weight excluding hydrogens is 311 g/mol. The quantitative estimate of drug-likeness (QED) is 0.807. The molecule has 0 radical (unpaired) electrons. The molecule has 0 saturated carbocycles. The smallest absolute Gasteiger partial charge is 0.339 e.